The summed E-state index contributed by atoms with van der Waals surface area (Å²) in [5, 5.41) is 19.2. The summed E-state index contributed by atoms with van der Waals surface area (Å²) in [6, 6.07) is 0. The smallest absolute Gasteiger partial charge is 0.466 e. The van der Waals surface area contributed by atoms with Gasteiger partial charge in [0.1, 0.15) is 0 Å². The van der Waals surface area contributed by atoms with Crippen molar-refractivity contribution in [3.63, 3.8) is 0 Å². The normalized spacial score (nSPS) is 22.5. The van der Waals surface area contributed by atoms with Crippen LogP contribution in [0.3, 0.4) is 0 Å². The molecule has 6 nitrogen and oxygen atoms in total. The zero-order valence-electron chi connectivity index (χ0n) is 5.69. The number of diazo groups is 1. The summed E-state index contributed by atoms with van der Waals surface area (Å²) in [7, 11) is 0. The lowest BCUT2D eigenvalue weighted by Crippen LogP contribution is -2.20. The minimum Gasteiger partial charge on any atom is -0.481 e. The quantitative estimate of drug-likeness (QED) is 0.533. The van der Waals surface area contributed by atoms with Gasteiger partial charge < -0.3 is 5.11 Å². The van der Waals surface area contributed by atoms with Gasteiger partial charge in [-0.3, -0.25) is 4.79 Å². The number of aliphatic carboxylic acids is 1. The van der Waals surface area contributed by atoms with Crippen molar-refractivity contribution >= 4 is 11.7 Å². The predicted molar refractivity (Wildman–Crippen MR) is 36.6 cm³/mol. The molecule has 0 amide bonds. The van der Waals surface area contributed by atoms with Crippen molar-refractivity contribution in [3.8, 4) is 0 Å². The maximum Gasteiger partial charge on any atom is 0.466 e. The Morgan fingerprint density at radius 2 is 2.73 bits per heavy atom. The van der Waals surface area contributed by atoms with Gasteiger partial charge in [0.25, 0.3) is 0 Å². The van der Waals surface area contributed by atoms with E-state index in [2.05, 4.69) is 15.3 Å². The summed E-state index contributed by atoms with van der Waals surface area (Å²) in [6.45, 7) is 0.376. The molecule has 0 aliphatic carbocycles. The highest BCUT2D eigenvalue weighted by molar-refractivity contribution is 6.00. The number of carboxylic acid groups (broad SMARTS) is 1. The van der Waals surface area contributed by atoms with Gasteiger partial charge in [0.2, 0.25) is 5.39 Å². The molecule has 0 aromatic carbocycles. The van der Waals surface area contributed by atoms with Crippen LogP contribution in [0.5, 0.6) is 0 Å². The third kappa shape index (κ3) is 1.98. The van der Waals surface area contributed by atoms with Gasteiger partial charge in [0.05, 0.1) is 6.42 Å². The van der Waals surface area contributed by atoms with Crippen LogP contribution in [0.25, 0.3) is 4.98 Å². The van der Waals surface area contributed by atoms with Gasteiger partial charge >= 0.3 is 12.3 Å². The second-order valence-corrected chi connectivity index (χ2v) is 2.14. The topological polar surface area (TPSA) is 89.8 Å². The molecule has 0 aromatic rings. The summed E-state index contributed by atoms with van der Waals surface area (Å²) in [5.74, 6) is -0.927. The zero-order chi connectivity index (χ0) is 8.27. The van der Waals surface area contributed by atoms with E-state index in [1.807, 2.05) is 0 Å². The molecule has 0 bridgehead atoms. The first-order chi connectivity index (χ1) is 5.22. The molecule has 0 aromatic heterocycles. The van der Waals surface area contributed by atoms with E-state index < -0.39 is 12.3 Å². The van der Waals surface area contributed by atoms with Crippen molar-refractivity contribution in [1.82, 2.24) is 5.32 Å². The minimum absolute atomic E-state index is 0.0982. The fourth-order valence-corrected chi connectivity index (χ4v) is 0.823. The van der Waals surface area contributed by atoms with Gasteiger partial charge in [-0.2, -0.15) is 4.99 Å². The molecule has 0 radical (unpaired) electrons. The molecule has 1 heterocycles. The first kappa shape index (κ1) is 7.63. The van der Waals surface area contributed by atoms with Gasteiger partial charge in [-0.1, -0.05) is 0 Å². The molecule has 1 rings (SSSR count). The highest BCUT2D eigenvalue weighted by atomic mass is 16.4. The zero-order valence-corrected chi connectivity index (χ0v) is 5.69. The summed E-state index contributed by atoms with van der Waals surface area (Å²) in [5.41, 5.74) is 0.500. The molecule has 1 unspecified atom stereocenters. The summed E-state index contributed by atoms with van der Waals surface area (Å²) in [4.78, 5) is 16.8. The third-order valence-electron chi connectivity index (χ3n) is 1.26. The van der Waals surface area contributed by atoms with E-state index in [-0.39, 0.29) is 6.42 Å². The molecular formula is C5H7N4O2+. The average Bonchev–Trinajstić information content (AvgIpc) is 2.34. The van der Waals surface area contributed by atoms with Crippen molar-refractivity contribution < 1.29 is 9.90 Å². The van der Waals surface area contributed by atoms with E-state index in [0.717, 1.165) is 0 Å². The van der Waals surface area contributed by atoms with Crippen molar-refractivity contribution in [2.45, 2.75) is 12.7 Å². The molecule has 0 spiro atoms. The highest BCUT2D eigenvalue weighted by Gasteiger charge is 2.26. The van der Waals surface area contributed by atoms with Crippen LogP contribution >= 0.6 is 0 Å². The number of aliphatic imine (C=N–C) groups is 1. The summed E-state index contributed by atoms with van der Waals surface area (Å²) < 4.78 is 0. The summed E-state index contributed by atoms with van der Waals surface area (Å²) in [6.07, 6.45) is -0.775. The monoisotopic (exact) mass is 155 g/mol. The standard InChI is InChI=1S/C5H6N4O2/c6-9-5-7-2-3(8-5)1-4(10)11/h5,7H,1-2H2/p+1. The molecule has 1 aliphatic heterocycles. The van der Waals surface area contributed by atoms with E-state index in [9.17, 15) is 4.79 Å². The average molecular weight is 155 g/mol. The van der Waals surface area contributed by atoms with Crippen molar-refractivity contribution in [2.24, 2.45) is 4.99 Å². The lowest BCUT2D eigenvalue weighted by Gasteiger charge is -1.89. The summed E-state index contributed by atoms with van der Waals surface area (Å²) >= 11 is 0. The van der Waals surface area contributed by atoms with Gasteiger partial charge in [-0.25, -0.2) is 5.32 Å². The molecule has 0 saturated heterocycles. The fourth-order valence-electron chi connectivity index (χ4n) is 0.823. The molecule has 6 heteroatoms. The number of nitrogens with zero attached hydrogens (tertiary/aromatic N) is 3. The van der Waals surface area contributed by atoms with Gasteiger partial charge in [-0.15, -0.1) is 0 Å². The maximum absolute atomic E-state index is 10.1. The minimum atomic E-state index is -0.927. The van der Waals surface area contributed by atoms with E-state index in [1.165, 1.54) is 0 Å². The largest absolute Gasteiger partial charge is 0.481 e. The van der Waals surface area contributed by atoms with Crippen molar-refractivity contribution in [1.29, 1.82) is 5.39 Å². The van der Waals surface area contributed by atoms with E-state index in [1.54, 1.807) is 0 Å². The van der Waals surface area contributed by atoms with Crippen LogP contribution in [0.4, 0.5) is 0 Å². The first-order valence-electron chi connectivity index (χ1n) is 3.07. The molecular weight excluding hydrogens is 148 g/mol. The Hall–Kier alpha value is -1.48. The van der Waals surface area contributed by atoms with Crippen LogP contribution in [-0.2, 0) is 4.79 Å². The molecule has 1 aliphatic rings. The third-order valence-corrected chi connectivity index (χ3v) is 1.26. The molecule has 1 atom stereocenters. The lowest BCUT2D eigenvalue weighted by molar-refractivity contribution is -0.135. The second kappa shape index (κ2) is 3.07. The van der Waals surface area contributed by atoms with Crippen molar-refractivity contribution in [3.05, 3.63) is 4.98 Å². The van der Waals surface area contributed by atoms with Crippen LogP contribution < -0.4 is 5.32 Å². The Balaban J connectivity index is 2.50. The second-order valence-electron chi connectivity index (χ2n) is 2.14. The van der Waals surface area contributed by atoms with Gasteiger partial charge in [0, 0.05) is 12.3 Å². The van der Waals surface area contributed by atoms with Crippen LogP contribution in [0.15, 0.2) is 4.99 Å². The molecule has 0 saturated carbocycles. The SMILES string of the molecule is N#[N+]C1N=C(CC(=O)O)CN1. The Morgan fingerprint density at radius 1 is 2.00 bits per heavy atom. The number of hydrogen-bond acceptors (Lipinski definition) is 4. The fraction of sp³-hybridized carbons (Fsp3) is 0.600. The number of hydrogen-bond donors (Lipinski definition) is 2. The maximum atomic E-state index is 10.1. The Morgan fingerprint density at radius 3 is 3.18 bits per heavy atom. The number of nitrogens with one attached hydrogen (secondary N) is 1. The highest BCUT2D eigenvalue weighted by Crippen LogP contribution is 2.00. The van der Waals surface area contributed by atoms with Gasteiger partial charge in [0.15, 0.2) is 4.98 Å². The van der Waals surface area contributed by atoms with E-state index in [4.69, 9.17) is 10.5 Å². The number of carboxylic acids is 1. The Labute approximate surface area is 62.6 Å². The number of rotatable bonds is 2. The van der Waals surface area contributed by atoms with Crippen LogP contribution in [-0.4, -0.2) is 29.6 Å². The van der Waals surface area contributed by atoms with Gasteiger partial charge in [-0.05, 0) is 0 Å². The lowest BCUT2D eigenvalue weighted by atomic mass is 10.3. The molecule has 11 heavy (non-hydrogen) atoms. The number of carbonyl (C=O) groups is 1. The van der Waals surface area contributed by atoms with E-state index in [0.29, 0.717) is 12.3 Å². The molecule has 2 N–H and O–H groups in total. The first-order valence-corrected chi connectivity index (χ1v) is 3.07. The van der Waals surface area contributed by atoms with E-state index >= 15 is 0 Å². The van der Waals surface area contributed by atoms with Crippen LogP contribution in [0.1, 0.15) is 6.42 Å². The van der Waals surface area contributed by atoms with Crippen LogP contribution in [0.2, 0.25) is 0 Å². The molecule has 58 valence electrons. The van der Waals surface area contributed by atoms with Crippen molar-refractivity contribution in [2.75, 3.05) is 6.54 Å². The molecule has 0 fully saturated rings. The Bertz CT molecular complexity index is 241. The predicted octanol–water partition coefficient (Wildman–Crippen LogP) is -0.358. The van der Waals surface area contributed by atoms with Crippen LogP contribution in [0, 0.1) is 5.39 Å². The Kier molecular flexibility index (Phi) is 2.13.